The summed E-state index contributed by atoms with van der Waals surface area (Å²) >= 11 is 0. The van der Waals surface area contributed by atoms with Crippen molar-refractivity contribution in [2.75, 3.05) is 13.7 Å². The quantitative estimate of drug-likeness (QED) is 0.757. The highest BCUT2D eigenvalue weighted by molar-refractivity contribution is 5.69. The number of hydrogen-bond acceptors (Lipinski definition) is 3. The lowest BCUT2D eigenvalue weighted by molar-refractivity contribution is -0.139. The Morgan fingerprint density at radius 3 is 2.53 bits per heavy atom. The molecule has 1 aromatic carbocycles. The maximum Gasteiger partial charge on any atom is 0.305 e. The molecule has 0 heterocycles. The normalized spacial score (nSPS) is 14.5. The Morgan fingerprint density at radius 2 is 2.07 bits per heavy atom. The van der Waals surface area contributed by atoms with Crippen LogP contribution in [0.2, 0.25) is 0 Å². The molecule has 1 unspecified atom stereocenters. The molecule has 0 amide bonds. The first-order chi connectivity index (χ1) is 7.08. The van der Waals surface area contributed by atoms with Crippen LogP contribution < -0.4 is 5.73 Å². The summed E-state index contributed by atoms with van der Waals surface area (Å²) in [4.78, 5) is 10.7. The van der Waals surface area contributed by atoms with Gasteiger partial charge in [-0.1, -0.05) is 30.3 Å². The standard InChI is InChI=1S/C11H15NO3/c1-15-8-11(12,7-10(13)14)9-5-3-2-4-6-9/h2-6H,7-8,12H2,1H3,(H,13,14). The SMILES string of the molecule is COCC(N)(CC(=O)O)c1ccccc1. The predicted molar refractivity (Wildman–Crippen MR) is 56.4 cm³/mol. The minimum atomic E-state index is -0.957. The molecule has 4 nitrogen and oxygen atoms in total. The second kappa shape index (κ2) is 4.91. The molecule has 0 aromatic heterocycles. The molecule has 1 atom stereocenters. The van der Waals surface area contributed by atoms with E-state index in [2.05, 4.69) is 0 Å². The van der Waals surface area contributed by atoms with Crippen molar-refractivity contribution < 1.29 is 14.6 Å². The lowest BCUT2D eigenvalue weighted by Gasteiger charge is -2.27. The van der Waals surface area contributed by atoms with Crippen LogP contribution in [0, 0.1) is 0 Å². The number of nitrogens with two attached hydrogens (primary N) is 1. The average Bonchev–Trinajstić information content (AvgIpc) is 2.18. The highest BCUT2D eigenvalue weighted by atomic mass is 16.5. The fourth-order valence-corrected chi connectivity index (χ4v) is 1.53. The van der Waals surface area contributed by atoms with E-state index in [0.717, 1.165) is 5.56 Å². The van der Waals surface area contributed by atoms with Crippen molar-refractivity contribution in [1.82, 2.24) is 0 Å². The first kappa shape index (κ1) is 11.7. The van der Waals surface area contributed by atoms with Gasteiger partial charge < -0.3 is 15.6 Å². The summed E-state index contributed by atoms with van der Waals surface area (Å²) in [6, 6.07) is 9.13. The zero-order valence-corrected chi connectivity index (χ0v) is 8.64. The first-order valence-corrected chi connectivity index (χ1v) is 4.63. The number of ether oxygens (including phenoxy) is 1. The van der Waals surface area contributed by atoms with Crippen LogP contribution in [0.1, 0.15) is 12.0 Å². The molecule has 3 N–H and O–H groups in total. The van der Waals surface area contributed by atoms with E-state index in [9.17, 15) is 4.79 Å². The van der Waals surface area contributed by atoms with E-state index >= 15 is 0 Å². The molecule has 0 bridgehead atoms. The van der Waals surface area contributed by atoms with Gasteiger partial charge in [0.25, 0.3) is 0 Å². The van der Waals surface area contributed by atoms with Gasteiger partial charge in [-0.2, -0.15) is 0 Å². The molecule has 1 aromatic rings. The van der Waals surface area contributed by atoms with Crippen LogP contribution in [-0.4, -0.2) is 24.8 Å². The van der Waals surface area contributed by atoms with E-state index in [0.29, 0.717) is 0 Å². The maximum atomic E-state index is 10.7. The second-order valence-corrected chi connectivity index (χ2v) is 3.53. The van der Waals surface area contributed by atoms with Crippen LogP contribution in [-0.2, 0) is 15.1 Å². The van der Waals surface area contributed by atoms with E-state index in [1.807, 2.05) is 30.3 Å². The van der Waals surface area contributed by atoms with Gasteiger partial charge in [-0.15, -0.1) is 0 Å². The number of carboxylic acid groups (broad SMARTS) is 1. The summed E-state index contributed by atoms with van der Waals surface area (Å²) < 4.78 is 4.97. The van der Waals surface area contributed by atoms with E-state index in [4.69, 9.17) is 15.6 Å². The van der Waals surface area contributed by atoms with Crippen LogP contribution in [0.5, 0.6) is 0 Å². The third-order valence-corrected chi connectivity index (χ3v) is 2.22. The number of rotatable bonds is 5. The van der Waals surface area contributed by atoms with E-state index < -0.39 is 11.5 Å². The van der Waals surface area contributed by atoms with E-state index in [1.54, 1.807) is 0 Å². The highest BCUT2D eigenvalue weighted by Crippen LogP contribution is 2.22. The summed E-state index contributed by atoms with van der Waals surface area (Å²) in [6.07, 6.45) is -0.148. The Bertz CT molecular complexity index is 326. The summed E-state index contributed by atoms with van der Waals surface area (Å²) in [7, 11) is 1.51. The predicted octanol–water partition coefficient (Wildman–Crippen LogP) is 0.962. The van der Waals surface area contributed by atoms with Crippen LogP contribution in [0.4, 0.5) is 0 Å². The minimum absolute atomic E-state index is 0.148. The lowest BCUT2D eigenvalue weighted by atomic mass is 9.88. The molecule has 15 heavy (non-hydrogen) atoms. The summed E-state index contributed by atoms with van der Waals surface area (Å²) in [6.45, 7) is 0.184. The fourth-order valence-electron chi connectivity index (χ4n) is 1.53. The molecule has 0 aliphatic heterocycles. The maximum absolute atomic E-state index is 10.7. The number of aliphatic carboxylic acids is 1. The Hall–Kier alpha value is -1.39. The van der Waals surface area contributed by atoms with Gasteiger partial charge in [0, 0.05) is 7.11 Å². The molecule has 0 spiro atoms. The number of carboxylic acids is 1. The van der Waals surface area contributed by atoms with Gasteiger partial charge in [-0.25, -0.2) is 0 Å². The summed E-state index contributed by atoms with van der Waals surface area (Å²) in [5.41, 5.74) is 5.84. The molecule has 0 saturated carbocycles. The highest BCUT2D eigenvalue weighted by Gasteiger charge is 2.30. The smallest absolute Gasteiger partial charge is 0.305 e. The Morgan fingerprint density at radius 1 is 1.47 bits per heavy atom. The third-order valence-electron chi connectivity index (χ3n) is 2.22. The molecule has 0 aliphatic rings. The van der Waals surface area contributed by atoms with Crippen LogP contribution in [0.3, 0.4) is 0 Å². The van der Waals surface area contributed by atoms with E-state index in [1.165, 1.54) is 7.11 Å². The molecule has 0 aliphatic carbocycles. The fraction of sp³-hybridized carbons (Fsp3) is 0.364. The molecule has 0 saturated heterocycles. The van der Waals surface area contributed by atoms with Gasteiger partial charge in [0.05, 0.1) is 18.6 Å². The Labute approximate surface area is 88.7 Å². The van der Waals surface area contributed by atoms with Gasteiger partial charge in [0.2, 0.25) is 0 Å². The van der Waals surface area contributed by atoms with Crippen molar-refractivity contribution in [3.05, 3.63) is 35.9 Å². The molecule has 82 valence electrons. The molecule has 1 rings (SSSR count). The van der Waals surface area contributed by atoms with E-state index in [-0.39, 0.29) is 13.0 Å². The van der Waals surface area contributed by atoms with Crippen LogP contribution in [0.25, 0.3) is 0 Å². The van der Waals surface area contributed by atoms with Gasteiger partial charge in [-0.3, -0.25) is 4.79 Å². The van der Waals surface area contributed by atoms with Crippen LogP contribution in [0.15, 0.2) is 30.3 Å². The van der Waals surface area contributed by atoms with Gasteiger partial charge in [0.1, 0.15) is 0 Å². The topological polar surface area (TPSA) is 72.5 Å². The number of hydrogen-bond donors (Lipinski definition) is 2. The first-order valence-electron chi connectivity index (χ1n) is 4.63. The lowest BCUT2D eigenvalue weighted by Crippen LogP contribution is -2.43. The molecular formula is C11H15NO3. The van der Waals surface area contributed by atoms with Crippen molar-refractivity contribution in [3.8, 4) is 0 Å². The monoisotopic (exact) mass is 209 g/mol. The zero-order valence-electron chi connectivity index (χ0n) is 8.64. The van der Waals surface area contributed by atoms with Crippen LogP contribution >= 0.6 is 0 Å². The third kappa shape index (κ3) is 3.04. The average molecular weight is 209 g/mol. The largest absolute Gasteiger partial charge is 0.481 e. The number of benzene rings is 1. The molecule has 4 heteroatoms. The minimum Gasteiger partial charge on any atom is -0.481 e. The van der Waals surface area contributed by atoms with Crippen molar-refractivity contribution >= 4 is 5.97 Å². The Balaban J connectivity index is 2.95. The second-order valence-electron chi connectivity index (χ2n) is 3.53. The summed E-state index contributed by atoms with van der Waals surface area (Å²) in [5.74, 6) is -0.932. The molecule has 0 radical (unpaired) electrons. The molecule has 0 fully saturated rings. The summed E-state index contributed by atoms with van der Waals surface area (Å²) in [5, 5.41) is 8.80. The van der Waals surface area contributed by atoms with Gasteiger partial charge >= 0.3 is 5.97 Å². The number of carbonyl (C=O) groups is 1. The zero-order chi connectivity index (χ0) is 11.3. The molecular weight excluding hydrogens is 194 g/mol. The van der Waals surface area contributed by atoms with Crippen molar-refractivity contribution in [3.63, 3.8) is 0 Å². The van der Waals surface area contributed by atoms with Gasteiger partial charge in [0.15, 0.2) is 0 Å². The number of methoxy groups -OCH3 is 1. The van der Waals surface area contributed by atoms with Gasteiger partial charge in [-0.05, 0) is 5.56 Å². The van der Waals surface area contributed by atoms with Crippen molar-refractivity contribution in [2.24, 2.45) is 5.73 Å². The van der Waals surface area contributed by atoms with Crippen molar-refractivity contribution in [2.45, 2.75) is 12.0 Å². The van der Waals surface area contributed by atoms with Crippen molar-refractivity contribution in [1.29, 1.82) is 0 Å². The Kier molecular flexibility index (Phi) is 3.82.